The highest BCUT2D eigenvalue weighted by molar-refractivity contribution is 7.92. The number of anilines is 1. The van der Waals surface area contributed by atoms with Gasteiger partial charge in [0.25, 0.3) is 10.0 Å². The summed E-state index contributed by atoms with van der Waals surface area (Å²) >= 11 is 0. The Hall–Kier alpha value is -2.74. The number of carbonyl (C=O) groups excluding carboxylic acids is 1. The fourth-order valence-electron chi connectivity index (χ4n) is 2.67. The number of sulfonamides is 1. The smallest absolute Gasteiger partial charge is 0.326 e. The molecule has 0 heterocycles. The maximum absolute atomic E-state index is 13.3. The van der Waals surface area contributed by atoms with Crippen molar-refractivity contribution in [3.8, 4) is 11.5 Å². The van der Waals surface area contributed by atoms with Crippen LogP contribution < -0.4 is 13.8 Å². The monoisotopic (exact) mass is 407 g/mol. The second-order valence-corrected chi connectivity index (χ2v) is 7.74. The zero-order valence-electron chi connectivity index (χ0n) is 16.5. The maximum Gasteiger partial charge on any atom is 0.326 e. The van der Waals surface area contributed by atoms with E-state index in [-0.39, 0.29) is 11.5 Å². The number of hydrogen-bond acceptors (Lipinski definition) is 6. The molecule has 7 nitrogen and oxygen atoms in total. The molecule has 152 valence electrons. The molecule has 0 spiro atoms. The summed E-state index contributed by atoms with van der Waals surface area (Å²) in [4.78, 5) is 12.2. The van der Waals surface area contributed by atoms with Crippen LogP contribution in [-0.4, -0.2) is 41.3 Å². The van der Waals surface area contributed by atoms with E-state index in [9.17, 15) is 13.2 Å². The minimum Gasteiger partial charge on any atom is -0.496 e. The number of rotatable bonds is 9. The Morgan fingerprint density at radius 2 is 1.82 bits per heavy atom. The van der Waals surface area contributed by atoms with E-state index >= 15 is 0 Å². The predicted octanol–water partition coefficient (Wildman–Crippen LogP) is 3.16. The van der Waals surface area contributed by atoms with Gasteiger partial charge in [0.2, 0.25) is 0 Å². The summed E-state index contributed by atoms with van der Waals surface area (Å²) in [6.45, 7) is 5.40. The Morgan fingerprint density at radius 3 is 2.43 bits per heavy atom. The molecule has 0 atom stereocenters. The van der Waals surface area contributed by atoms with Gasteiger partial charge in [-0.05, 0) is 56.7 Å². The molecule has 0 saturated carbocycles. The first kappa shape index (κ1) is 21.6. The van der Waals surface area contributed by atoms with Crippen LogP contribution in [0.1, 0.15) is 19.4 Å². The fourth-order valence-corrected chi connectivity index (χ4v) is 4.16. The minimum absolute atomic E-state index is 0.0527. The molecule has 0 aliphatic rings. The van der Waals surface area contributed by atoms with Crippen LogP contribution in [0.5, 0.6) is 11.5 Å². The highest BCUT2D eigenvalue weighted by atomic mass is 32.2. The summed E-state index contributed by atoms with van der Waals surface area (Å²) in [5.41, 5.74) is 0.982. The van der Waals surface area contributed by atoms with E-state index in [1.807, 2.05) is 6.92 Å². The zero-order valence-corrected chi connectivity index (χ0v) is 17.3. The first-order chi connectivity index (χ1) is 13.3. The van der Waals surface area contributed by atoms with Gasteiger partial charge in [-0.2, -0.15) is 0 Å². The van der Waals surface area contributed by atoms with Gasteiger partial charge in [-0.15, -0.1) is 0 Å². The minimum atomic E-state index is -4.03. The third-order valence-electron chi connectivity index (χ3n) is 3.95. The number of ether oxygens (including phenoxy) is 3. The van der Waals surface area contributed by atoms with E-state index in [4.69, 9.17) is 14.2 Å². The van der Waals surface area contributed by atoms with Crippen molar-refractivity contribution in [2.75, 3.05) is 31.2 Å². The lowest BCUT2D eigenvalue weighted by atomic mass is 10.2. The van der Waals surface area contributed by atoms with Gasteiger partial charge in [0.1, 0.15) is 18.0 Å². The van der Waals surface area contributed by atoms with Gasteiger partial charge in [-0.25, -0.2) is 8.42 Å². The molecule has 0 aliphatic heterocycles. The van der Waals surface area contributed by atoms with E-state index < -0.39 is 22.5 Å². The van der Waals surface area contributed by atoms with Gasteiger partial charge in [0.05, 0.1) is 30.9 Å². The second kappa shape index (κ2) is 9.45. The van der Waals surface area contributed by atoms with Gasteiger partial charge >= 0.3 is 5.97 Å². The van der Waals surface area contributed by atoms with Crippen LogP contribution in [0.4, 0.5) is 5.69 Å². The lowest BCUT2D eigenvalue weighted by Crippen LogP contribution is -2.36. The first-order valence-corrected chi connectivity index (χ1v) is 10.3. The normalized spacial score (nSPS) is 11.0. The zero-order chi connectivity index (χ0) is 20.7. The molecule has 0 aromatic heterocycles. The Labute approximate surface area is 165 Å². The van der Waals surface area contributed by atoms with Crippen molar-refractivity contribution in [1.82, 2.24) is 0 Å². The molecule has 0 unspecified atom stereocenters. The van der Waals surface area contributed by atoms with E-state index in [2.05, 4.69) is 0 Å². The number of nitrogens with zero attached hydrogens (tertiary/aromatic N) is 1. The molecule has 2 rings (SSSR count). The first-order valence-electron chi connectivity index (χ1n) is 8.89. The molecule has 0 bridgehead atoms. The number of aryl methyl sites for hydroxylation is 1. The standard InChI is InChI=1S/C20H25NO6S/c1-5-26-17-9-7-8-16(13-17)21(14-20(22)27-6-2)28(23,24)18-10-11-19(25-4)15(3)12-18/h7-13H,5-6,14H2,1-4H3. The Morgan fingerprint density at radius 1 is 1.07 bits per heavy atom. The molecular formula is C20H25NO6S. The molecule has 2 aromatic carbocycles. The van der Waals surface area contributed by atoms with E-state index in [1.54, 1.807) is 44.2 Å². The lowest BCUT2D eigenvalue weighted by molar-refractivity contribution is -0.141. The molecule has 0 radical (unpaired) electrons. The molecule has 0 amide bonds. The van der Waals surface area contributed by atoms with Crippen LogP contribution in [0.25, 0.3) is 0 Å². The average Bonchev–Trinajstić information content (AvgIpc) is 2.66. The van der Waals surface area contributed by atoms with Crippen LogP contribution in [0.3, 0.4) is 0 Å². The summed E-state index contributed by atoms with van der Waals surface area (Å²) in [5, 5.41) is 0. The Balaban J connectivity index is 2.52. The van der Waals surface area contributed by atoms with Crippen LogP contribution in [0.15, 0.2) is 47.4 Å². The predicted molar refractivity (Wildman–Crippen MR) is 107 cm³/mol. The highest BCUT2D eigenvalue weighted by Crippen LogP contribution is 2.29. The number of carbonyl (C=O) groups is 1. The molecular weight excluding hydrogens is 382 g/mol. The van der Waals surface area contributed by atoms with Crippen LogP contribution in [-0.2, 0) is 19.6 Å². The second-order valence-electron chi connectivity index (χ2n) is 5.88. The molecule has 0 N–H and O–H groups in total. The van der Waals surface area contributed by atoms with Gasteiger partial charge in [-0.1, -0.05) is 6.07 Å². The summed E-state index contributed by atoms with van der Waals surface area (Å²) in [6.07, 6.45) is 0. The van der Waals surface area contributed by atoms with Crippen LogP contribution in [0.2, 0.25) is 0 Å². The molecule has 0 fully saturated rings. The summed E-state index contributed by atoms with van der Waals surface area (Å²) in [7, 11) is -2.51. The third-order valence-corrected chi connectivity index (χ3v) is 5.72. The van der Waals surface area contributed by atoms with Crippen molar-refractivity contribution >= 4 is 21.7 Å². The van der Waals surface area contributed by atoms with Gasteiger partial charge in [-0.3, -0.25) is 9.10 Å². The van der Waals surface area contributed by atoms with Crippen molar-refractivity contribution < 1.29 is 27.4 Å². The van der Waals surface area contributed by atoms with Crippen molar-refractivity contribution in [3.63, 3.8) is 0 Å². The summed E-state index contributed by atoms with van der Waals surface area (Å²) < 4.78 is 43.3. The number of esters is 1. The average molecular weight is 407 g/mol. The van der Waals surface area contributed by atoms with E-state index in [1.165, 1.54) is 19.2 Å². The molecule has 2 aromatic rings. The summed E-state index contributed by atoms with van der Waals surface area (Å²) in [5.74, 6) is 0.447. The van der Waals surface area contributed by atoms with Crippen LogP contribution >= 0.6 is 0 Å². The van der Waals surface area contributed by atoms with Gasteiger partial charge < -0.3 is 14.2 Å². The molecule has 8 heteroatoms. The Bertz CT molecular complexity index is 926. The number of hydrogen-bond donors (Lipinski definition) is 0. The van der Waals surface area contributed by atoms with Crippen molar-refractivity contribution in [2.45, 2.75) is 25.7 Å². The van der Waals surface area contributed by atoms with Crippen molar-refractivity contribution in [1.29, 1.82) is 0 Å². The maximum atomic E-state index is 13.3. The SMILES string of the molecule is CCOC(=O)CN(c1cccc(OCC)c1)S(=O)(=O)c1ccc(OC)c(C)c1. The largest absolute Gasteiger partial charge is 0.496 e. The van der Waals surface area contributed by atoms with Crippen molar-refractivity contribution in [3.05, 3.63) is 48.0 Å². The molecule has 28 heavy (non-hydrogen) atoms. The van der Waals surface area contributed by atoms with Crippen molar-refractivity contribution in [2.24, 2.45) is 0 Å². The molecule has 0 saturated heterocycles. The summed E-state index contributed by atoms with van der Waals surface area (Å²) in [6, 6.07) is 11.1. The van der Waals surface area contributed by atoms with E-state index in [0.717, 1.165) is 4.31 Å². The highest BCUT2D eigenvalue weighted by Gasteiger charge is 2.28. The Kier molecular flexibility index (Phi) is 7.28. The van der Waals surface area contributed by atoms with Gasteiger partial charge in [0.15, 0.2) is 0 Å². The molecule has 0 aliphatic carbocycles. The van der Waals surface area contributed by atoms with E-state index in [0.29, 0.717) is 29.4 Å². The quantitative estimate of drug-likeness (QED) is 0.594. The fraction of sp³-hybridized carbons (Fsp3) is 0.350. The van der Waals surface area contributed by atoms with Gasteiger partial charge in [0, 0.05) is 6.07 Å². The topological polar surface area (TPSA) is 82.1 Å². The van der Waals surface area contributed by atoms with Crippen LogP contribution in [0, 0.1) is 6.92 Å². The number of methoxy groups -OCH3 is 1. The third kappa shape index (κ3) is 4.95. The number of benzene rings is 2. The lowest BCUT2D eigenvalue weighted by Gasteiger charge is -2.24.